The van der Waals surface area contributed by atoms with Crippen molar-refractivity contribution < 1.29 is 22.5 Å². The van der Waals surface area contributed by atoms with Gasteiger partial charge >= 0.3 is 6.03 Å². The molecule has 2 aromatic heterocycles. The number of aromatic nitrogens is 5. The number of nitrogens with zero attached hydrogens (tertiary/aromatic N) is 6. The number of hydrogen-bond acceptors (Lipinski definition) is 6. The molecule has 1 saturated heterocycles. The molecule has 0 aromatic carbocycles. The van der Waals surface area contributed by atoms with E-state index in [-0.39, 0.29) is 18.3 Å². The molecule has 1 N–H and O–H groups in total. The van der Waals surface area contributed by atoms with Gasteiger partial charge in [0.25, 0.3) is 5.92 Å². The van der Waals surface area contributed by atoms with Crippen LogP contribution in [0.15, 0.2) is 10.7 Å². The van der Waals surface area contributed by atoms with Crippen LogP contribution in [-0.2, 0) is 5.41 Å². The van der Waals surface area contributed by atoms with E-state index in [1.165, 1.54) is 4.68 Å². The first-order valence-electron chi connectivity index (χ1n) is 12.4. The highest BCUT2D eigenvalue weighted by atomic mass is 19.3. The normalized spacial score (nSPS) is 29.9. The number of carbonyl (C=O) groups excluding carboxylic acids is 1. The molecule has 2 amide bonds. The Morgan fingerprint density at radius 2 is 1.97 bits per heavy atom. The Balaban J connectivity index is 1.24. The molecule has 0 unspecified atom stereocenters. The second-order valence-electron chi connectivity index (χ2n) is 10.8. The average molecular weight is 496 g/mol. The minimum Gasteiger partial charge on any atom is -0.339 e. The number of carbonyl (C=O) groups is 1. The predicted octanol–water partition coefficient (Wildman–Crippen LogP) is 4.10. The van der Waals surface area contributed by atoms with E-state index in [9.17, 15) is 18.0 Å². The minimum absolute atomic E-state index is 0.126. The van der Waals surface area contributed by atoms with Crippen LogP contribution in [0, 0.1) is 0 Å². The Hall–Kier alpha value is -2.66. The molecule has 1 aliphatic heterocycles. The van der Waals surface area contributed by atoms with Crippen LogP contribution in [0.1, 0.15) is 94.6 Å². The summed E-state index contributed by atoms with van der Waals surface area (Å²) in [5.41, 5.74) is 0.303. The van der Waals surface area contributed by atoms with Gasteiger partial charge in [0.15, 0.2) is 5.82 Å². The molecule has 192 valence electrons. The summed E-state index contributed by atoms with van der Waals surface area (Å²) in [4.78, 5) is 19.0. The molecular weight excluding hydrogens is 463 g/mol. The van der Waals surface area contributed by atoms with Crippen LogP contribution in [0.25, 0.3) is 0 Å². The smallest absolute Gasteiger partial charge is 0.317 e. The number of urea groups is 1. The Morgan fingerprint density at radius 3 is 2.60 bits per heavy atom. The number of rotatable bonds is 5. The summed E-state index contributed by atoms with van der Waals surface area (Å²) in [6, 6.07) is -2.55. The van der Waals surface area contributed by atoms with Gasteiger partial charge in [-0.1, -0.05) is 31.1 Å². The highest BCUT2D eigenvalue weighted by Crippen LogP contribution is 2.44. The first kappa shape index (κ1) is 24.1. The van der Waals surface area contributed by atoms with Gasteiger partial charge in [-0.15, -0.1) is 5.10 Å². The van der Waals surface area contributed by atoms with Crippen molar-refractivity contribution in [3.63, 3.8) is 0 Å². The molecule has 0 radical (unpaired) electrons. The van der Waals surface area contributed by atoms with E-state index in [1.807, 2.05) is 20.8 Å². The van der Waals surface area contributed by atoms with Crippen LogP contribution >= 0.6 is 0 Å². The summed E-state index contributed by atoms with van der Waals surface area (Å²) in [6.07, 6.45) is 2.85. The average Bonchev–Trinajstić information content (AvgIpc) is 3.22. The molecule has 2 saturated carbocycles. The van der Waals surface area contributed by atoms with Gasteiger partial charge in [0.2, 0.25) is 5.89 Å². The van der Waals surface area contributed by atoms with E-state index in [2.05, 4.69) is 25.8 Å². The fourth-order valence-corrected chi connectivity index (χ4v) is 5.06. The molecule has 2 aromatic rings. The lowest BCUT2D eigenvalue weighted by molar-refractivity contribution is -0.0804. The third kappa shape index (κ3) is 4.63. The number of nitrogens with one attached hydrogen (secondary N) is 1. The first-order chi connectivity index (χ1) is 16.6. The third-order valence-corrected chi connectivity index (χ3v) is 7.75. The summed E-state index contributed by atoms with van der Waals surface area (Å²) < 4.78 is 50.1. The molecule has 9 nitrogen and oxygen atoms in total. The molecule has 3 fully saturated rings. The maximum absolute atomic E-state index is 15.0. The number of piperidine rings is 1. The van der Waals surface area contributed by atoms with Crippen LogP contribution in [0.5, 0.6) is 0 Å². The second kappa shape index (κ2) is 8.77. The monoisotopic (exact) mass is 495 g/mol. The summed E-state index contributed by atoms with van der Waals surface area (Å²) in [7, 11) is 0. The van der Waals surface area contributed by atoms with Crippen LogP contribution < -0.4 is 5.32 Å². The van der Waals surface area contributed by atoms with Gasteiger partial charge in [0, 0.05) is 31.1 Å². The van der Waals surface area contributed by atoms with Gasteiger partial charge in [0.05, 0.1) is 17.7 Å². The molecule has 12 heteroatoms. The van der Waals surface area contributed by atoms with Crippen molar-refractivity contribution in [2.75, 3.05) is 13.1 Å². The van der Waals surface area contributed by atoms with Crippen molar-refractivity contribution in [2.45, 2.75) is 101 Å². The van der Waals surface area contributed by atoms with Crippen LogP contribution in [0.4, 0.5) is 18.0 Å². The van der Waals surface area contributed by atoms with Gasteiger partial charge in [-0.2, -0.15) is 4.98 Å². The Labute approximate surface area is 201 Å². The number of alkyl halides is 3. The van der Waals surface area contributed by atoms with Crippen molar-refractivity contribution in [3.05, 3.63) is 23.6 Å². The van der Waals surface area contributed by atoms with Gasteiger partial charge in [-0.05, 0) is 38.0 Å². The zero-order valence-electron chi connectivity index (χ0n) is 20.3. The Bertz CT molecular complexity index is 1060. The van der Waals surface area contributed by atoms with Crippen molar-refractivity contribution in [1.29, 1.82) is 0 Å². The molecule has 4 atom stereocenters. The second-order valence-corrected chi connectivity index (χ2v) is 10.8. The summed E-state index contributed by atoms with van der Waals surface area (Å²) in [6.45, 7) is 6.65. The standard InChI is InChI=1S/C23H32F3N7O2/c1-13(2)16-12-33(31-29-16)17-5-4-6-23(25,26)18(17)27-21(34)32-9-7-22(3,8-10-32)20-28-19(35-30-20)14-11-15(14)24/h12-15,17-18H,4-11H2,1-3H3,(H,27,34)/t14-,15+,17+,18-/m1/s1. The maximum atomic E-state index is 15.0. The molecular formula is C23H32F3N7O2. The molecule has 0 spiro atoms. The summed E-state index contributed by atoms with van der Waals surface area (Å²) in [5, 5.41) is 14.9. The first-order valence-corrected chi connectivity index (χ1v) is 12.4. The quantitative estimate of drug-likeness (QED) is 0.670. The Morgan fingerprint density at radius 1 is 1.26 bits per heavy atom. The SMILES string of the molecule is CC(C)c1cn([C@H]2CCCC(F)(F)[C@@H]2NC(=O)N2CCC(C)(c3noc([C@@H]4C[C@@H]4F)n3)CC2)nn1. The van der Waals surface area contributed by atoms with E-state index in [4.69, 9.17) is 4.52 Å². The highest BCUT2D eigenvalue weighted by Gasteiger charge is 2.50. The predicted molar refractivity (Wildman–Crippen MR) is 119 cm³/mol. The maximum Gasteiger partial charge on any atom is 0.317 e. The Kier molecular flexibility index (Phi) is 6.03. The molecule has 0 bridgehead atoms. The van der Waals surface area contributed by atoms with E-state index < -0.39 is 35.6 Å². The lowest BCUT2D eigenvalue weighted by Crippen LogP contribution is -2.58. The van der Waals surface area contributed by atoms with E-state index >= 15 is 0 Å². The molecule has 2 aliphatic carbocycles. The van der Waals surface area contributed by atoms with E-state index in [0.29, 0.717) is 56.9 Å². The number of halogens is 3. The summed E-state index contributed by atoms with van der Waals surface area (Å²) in [5.74, 6) is -2.39. The largest absolute Gasteiger partial charge is 0.339 e. The fourth-order valence-electron chi connectivity index (χ4n) is 5.06. The molecule has 3 aliphatic rings. The lowest BCUT2D eigenvalue weighted by Gasteiger charge is -2.41. The number of hydrogen-bond donors (Lipinski definition) is 1. The van der Waals surface area contributed by atoms with Crippen LogP contribution in [0.3, 0.4) is 0 Å². The highest BCUT2D eigenvalue weighted by molar-refractivity contribution is 5.75. The van der Waals surface area contributed by atoms with Crippen molar-refractivity contribution in [1.82, 2.24) is 35.4 Å². The van der Waals surface area contributed by atoms with Crippen molar-refractivity contribution in [2.24, 2.45) is 0 Å². The van der Waals surface area contributed by atoms with E-state index in [0.717, 1.165) is 5.69 Å². The van der Waals surface area contributed by atoms with E-state index in [1.54, 1.807) is 11.1 Å². The number of likely N-dealkylation sites (tertiary alicyclic amines) is 1. The van der Waals surface area contributed by atoms with Crippen molar-refractivity contribution in [3.8, 4) is 0 Å². The van der Waals surface area contributed by atoms with Gasteiger partial charge in [0.1, 0.15) is 12.2 Å². The lowest BCUT2D eigenvalue weighted by atomic mass is 9.79. The van der Waals surface area contributed by atoms with Crippen LogP contribution in [-0.4, -0.2) is 67.3 Å². The zero-order chi connectivity index (χ0) is 25.0. The van der Waals surface area contributed by atoms with Crippen molar-refractivity contribution >= 4 is 6.03 Å². The topological polar surface area (TPSA) is 102 Å². The molecule has 35 heavy (non-hydrogen) atoms. The zero-order valence-corrected chi connectivity index (χ0v) is 20.3. The third-order valence-electron chi connectivity index (χ3n) is 7.75. The van der Waals surface area contributed by atoms with Gasteiger partial charge in [-0.3, -0.25) is 0 Å². The number of amides is 2. The molecule has 3 heterocycles. The van der Waals surface area contributed by atoms with Gasteiger partial charge < -0.3 is 14.7 Å². The van der Waals surface area contributed by atoms with Gasteiger partial charge in [-0.25, -0.2) is 22.6 Å². The molecule has 5 rings (SSSR count). The minimum atomic E-state index is -3.05. The summed E-state index contributed by atoms with van der Waals surface area (Å²) >= 11 is 0. The van der Waals surface area contributed by atoms with Crippen LogP contribution in [0.2, 0.25) is 0 Å². The fraction of sp³-hybridized carbons (Fsp3) is 0.783.